The van der Waals surface area contributed by atoms with Crippen LogP contribution in [0.5, 0.6) is 0 Å². The molecule has 0 bridgehead atoms. The van der Waals surface area contributed by atoms with Crippen molar-refractivity contribution in [3.8, 4) is 0 Å². The Kier molecular flexibility index (Phi) is 4.52. The van der Waals surface area contributed by atoms with Crippen molar-refractivity contribution in [2.45, 2.75) is 13.3 Å². The van der Waals surface area contributed by atoms with Gasteiger partial charge in [-0.15, -0.1) is 0 Å². The van der Waals surface area contributed by atoms with E-state index in [0.717, 1.165) is 11.0 Å². The first-order chi connectivity index (χ1) is 9.61. The van der Waals surface area contributed by atoms with Crippen LogP contribution in [0, 0.1) is 0 Å². The number of nitrogens with zero attached hydrogens (tertiary/aromatic N) is 2. The van der Waals surface area contributed by atoms with Gasteiger partial charge in [0.1, 0.15) is 5.82 Å². The molecule has 0 aliphatic carbocycles. The van der Waals surface area contributed by atoms with Crippen LogP contribution in [0.3, 0.4) is 0 Å². The van der Waals surface area contributed by atoms with Gasteiger partial charge in [-0.1, -0.05) is 12.1 Å². The highest BCUT2D eigenvalue weighted by molar-refractivity contribution is 7.80. The molecule has 3 N–H and O–H groups in total. The molecule has 0 fully saturated rings. The minimum atomic E-state index is -0.191. The fraction of sp³-hybridized carbons (Fsp3) is 0.308. The second-order valence-corrected chi connectivity index (χ2v) is 4.69. The number of amides is 1. The van der Waals surface area contributed by atoms with E-state index in [2.05, 4.69) is 21.2 Å². The third-order valence-corrected chi connectivity index (χ3v) is 3.10. The molecule has 0 saturated carbocycles. The predicted octanol–water partition coefficient (Wildman–Crippen LogP) is 0.631. The Morgan fingerprint density at radius 2 is 2.10 bits per heavy atom. The highest BCUT2D eigenvalue weighted by Gasteiger charge is 2.11. The van der Waals surface area contributed by atoms with Crippen LogP contribution >= 0.6 is 12.2 Å². The molecular formula is C13H17N5OS. The number of rotatable bonds is 3. The Labute approximate surface area is 122 Å². The number of aromatic nitrogens is 2. The largest absolute Gasteiger partial charge is 0.362 e. The number of hydrogen-bond donors (Lipinski definition) is 3. The van der Waals surface area contributed by atoms with Crippen LogP contribution in [-0.4, -0.2) is 27.1 Å². The summed E-state index contributed by atoms with van der Waals surface area (Å²) in [4.78, 5) is 16.3. The van der Waals surface area contributed by atoms with Crippen molar-refractivity contribution in [1.29, 1.82) is 0 Å². The van der Waals surface area contributed by atoms with E-state index >= 15 is 0 Å². The van der Waals surface area contributed by atoms with Gasteiger partial charge in [-0.2, -0.15) is 0 Å². The van der Waals surface area contributed by atoms with Crippen LogP contribution < -0.4 is 16.2 Å². The molecule has 6 nitrogen and oxygen atoms in total. The lowest BCUT2D eigenvalue weighted by molar-refractivity contribution is -0.121. The van der Waals surface area contributed by atoms with Crippen LogP contribution in [-0.2, 0) is 18.3 Å². The van der Waals surface area contributed by atoms with Crippen LogP contribution in [0.2, 0.25) is 0 Å². The van der Waals surface area contributed by atoms with Crippen LogP contribution in [0.1, 0.15) is 12.7 Å². The van der Waals surface area contributed by atoms with Crippen molar-refractivity contribution in [2.24, 2.45) is 7.05 Å². The molecule has 0 unspecified atom stereocenters. The number of benzene rings is 1. The molecule has 7 heteroatoms. The zero-order valence-electron chi connectivity index (χ0n) is 11.4. The number of aryl methyl sites for hydroxylation is 1. The van der Waals surface area contributed by atoms with E-state index in [4.69, 9.17) is 12.2 Å². The summed E-state index contributed by atoms with van der Waals surface area (Å²) in [6.07, 6.45) is 0.187. The molecule has 1 amide bonds. The number of para-hydroxylation sites is 2. The van der Waals surface area contributed by atoms with Gasteiger partial charge < -0.3 is 9.88 Å². The lowest BCUT2D eigenvalue weighted by atomic mass is 10.3. The number of hydrogen-bond acceptors (Lipinski definition) is 3. The Balaban J connectivity index is 1.99. The average molecular weight is 291 g/mol. The first-order valence-corrected chi connectivity index (χ1v) is 6.75. The third kappa shape index (κ3) is 3.24. The van der Waals surface area contributed by atoms with Crippen molar-refractivity contribution >= 4 is 34.3 Å². The summed E-state index contributed by atoms with van der Waals surface area (Å²) in [6, 6.07) is 7.78. The Hall–Kier alpha value is -2.15. The van der Waals surface area contributed by atoms with E-state index in [9.17, 15) is 4.79 Å². The fourth-order valence-corrected chi connectivity index (χ4v) is 2.07. The average Bonchev–Trinajstić information content (AvgIpc) is 2.74. The number of carbonyl (C=O) groups excluding carboxylic acids is 1. The Morgan fingerprint density at radius 3 is 2.80 bits per heavy atom. The predicted molar refractivity (Wildman–Crippen MR) is 82.0 cm³/mol. The molecule has 106 valence electrons. The summed E-state index contributed by atoms with van der Waals surface area (Å²) in [5, 5.41) is 3.28. The van der Waals surface area contributed by atoms with Crippen LogP contribution in [0.4, 0.5) is 0 Å². The Bertz CT molecular complexity index is 637. The minimum Gasteiger partial charge on any atom is -0.362 e. The summed E-state index contributed by atoms with van der Waals surface area (Å²) in [5.74, 6) is 0.517. The second kappa shape index (κ2) is 6.33. The third-order valence-electron chi connectivity index (χ3n) is 2.85. The number of nitrogens with one attached hydrogen (secondary N) is 3. The van der Waals surface area contributed by atoms with Gasteiger partial charge in [0.2, 0.25) is 5.91 Å². The quantitative estimate of drug-likeness (QED) is 0.571. The zero-order chi connectivity index (χ0) is 14.5. The van der Waals surface area contributed by atoms with E-state index in [1.165, 1.54) is 0 Å². The van der Waals surface area contributed by atoms with Crippen molar-refractivity contribution in [1.82, 2.24) is 25.7 Å². The molecule has 1 aromatic heterocycles. The fourth-order valence-electron chi connectivity index (χ4n) is 1.87. The zero-order valence-corrected chi connectivity index (χ0v) is 12.3. The summed E-state index contributed by atoms with van der Waals surface area (Å²) in [7, 11) is 1.90. The maximum absolute atomic E-state index is 11.8. The number of carbonyl (C=O) groups is 1. The lowest BCUT2D eigenvalue weighted by Crippen LogP contribution is -2.47. The lowest BCUT2D eigenvalue weighted by Gasteiger charge is -2.09. The number of fused-ring (bicyclic) bond motifs is 1. The number of imidazole rings is 1. The first kappa shape index (κ1) is 14.3. The number of hydrazine groups is 1. The molecule has 0 aliphatic heterocycles. The van der Waals surface area contributed by atoms with Crippen LogP contribution in [0.15, 0.2) is 24.3 Å². The molecule has 2 rings (SSSR count). The standard InChI is InChI=1S/C13H17N5OS/c1-3-14-13(20)17-16-12(19)8-11-15-9-6-4-5-7-10(9)18(11)2/h4-7H,3,8H2,1-2H3,(H,16,19)(H2,14,17,20). The molecule has 0 atom stereocenters. The molecule has 0 radical (unpaired) electrons. The van der Waals surface area contributed by atoms with Gasteiger partial charge >= 0.3 is 0 Å². The van der Waals surface area contributed by atoms with Gasteiger partial charge in [0.05, 0.1) is 17.5 Å². The van der Waals surface area contributed by atoms with Crippen molar-refractivity contribution < 1.29 is 4.79 Å². The maximum atomic E-state index is 11.8. The topological polar surface area (TPSA) is 71.0 Å². The Morgan fingerprint density at radius 1 is 1.35 bits per heavy atom. The molecule has 0 aliphatic rings. The molecule has 0 spiro atoms. The van der Waals surface area contributed by atoms with E-state index in [0.29, 0.717) is 17.5 Å². The van der Waals surface area contributed by atoms with Gasteiger partial charge in [-0.05, 0) is 31.3 Å². The second-order valence-electron chi connectivity index (χ2n) is 4.29. The number of thiocarbonyl (C=S) groups is 1. The van der Waals surface area contributed by atoms with Gasteiger partial charge in [0.15, 0.2) is 5.11 Å². The molecule has 1 aromatic carbocycles. The summed E-state index contributed by atoms with van der Waals surface area (Å²) in [6.45, 7) is 2.63. The van der Waals surface area contributed by atoms with Gasteiger partial charge in [-0.3, -0.25) is 15.6 Å². The summed E-state index contributed by atoms with van der Waals surface area (Å²) < 4.78 is 1.91. The summed E-state index contributed by atoms with van der Waals surface area (Å²) >= 11 is 4.96. The maximum Gasteiger partial charge on any atom is 0.245 e. The smallest absolute Gasteiger partial charge is 0.245 e. The van der Waals surface area contributed by atoms with Crippen LogP contribution in [0.25, 0.3) is 11.0 Å². The van der Waals surface area contributed by atoms with E-state index in [1.54, 1.807) is 0 Å². The van der Waals surface area contributed by atoms with Crippen molar-refractivity contribution in [3.63, 3.8) is 0 Å². The highest BCUT2D eigenvalue weighted by atomic mass is 32.1. The van der Waals surface area contributed by atoms with E-state index < -0.39 is 0 Å². The van der Waals surface area contributed by atoms with Crippen molar-refractivity contribution in [2.75, 3.05) is 6.54 Å². The monoisotopic (exact) mass is 291 g/mol. The van der Waals surface area contributed by atoms with E-state index in [-0.39, 0.29) is 12.3 Å². The van der Waals surface area contributed by atoms with Gasteiger partial charge in [0, 0.05) is 13.6 Å². The summed E-state index contributed by atoms with van der Waals surface area (Å²) in [5.41, 5.74) is 7.07. The molecular weight excluding hydrogens is 274 g/mol. The van der Waals surface area contributed by atoms with E-state index in [1.807, 2.05) is 42.8 Å². The SMILES string of the molecule is CCNC(=S)NNC(=O)Cc1nc2ccccc2n1C. The minimum absolute atomic E-state index is 0.187. The molecule has 20 heavy (non-hydrogen) atoms. The normalized spacial score (nSPS) is 10.3. The molecule has 0 saturated heterocycles. The van der Waals surface area contributed by atoms with Crippen molar-refractivity contribution in [3.05, 3.63) is 30.1 Å². The first-order valence-electron chi connectivity index (χ1n) is 6.35. The molecule has 2 aromatic rings. The highest BCUT2D eigenvalue weighted by Crippen LogP contribution is 2.14. The molecule has 1 heterocycles. The van der Waals surface area contributed by atoms with Gasteiger partial charge in [0.25, 0.3) is 0 Å². The van der Waals surface area contributed by atoms with Gasteiger partial charge in [-0.25, -0.2) is 4.98 Å².